The second-order valence-electron chi connectivity index (χ2n) is 3.61. The second-order valence-corrected chi connectivity index (χ2v) is 6.70. The number of carbonyl (C=O) groups excluding carboxylic acids is 1. The number of anilines is 1. The van der Waals surface area contributed by atoms with E-state index in [0.29, 0.717) is 5.69 Å². The van der Waals surface area contributed by atoms with E-state index in [4.69, 9.17) is 0 Å². The van der Waals surface area contributed by atoms with Crippen molar-refractivity contribution in [2.75, 3.05) is 17.6 Å². The molecule has 7 heteroatoms. The topological polar surface area (TPSA) is 72.5 Å². The van der Waals surface area contributed by atoms with Crippen molar-refractivity contribution in [1.29, 1.82) is 0 Å². The Morgan fingerprint density at radius 3 is 2.78 bits per heavy atom. The summed E-state index contributed by atoms with van der Waals surface area (Å²) in [6.07, 6.45) is 0.343. The van der Waals surface area contributed by atoms with Crippen LogP contribution in [-0.2, 0) is 19.6 Å². The number of carbonyl (C=O) groups is 1. The first kappa shape index (κ1) is 15.2. The van der Waals surface area contributed by atoms with Gasteiger partial charge in [0.15, 0.2) is 0 Å². The average molecular weight is 383 g/mol. The Labute approximate surface area is 120 Å². The van der Waals surface area contributed by atoms with E-state index in [2.05, 4.69) is 32.0 Å². The largest absolute Gasteiger partial charge is 0.469 e. The molecule has 1 aromatic rings. The molecule has 18 heavy (non-hydrogen) atoms. The van der Waals surface area contributed by atoms with Crippen molar-refractivity contribution in [2.24, 2.45) is 0 Å². The summed E-state index contributed by atoms with van der Waals surface area (Å²) in [5, 5.41) is 0. The molecule has 0 heterocycles. The first-order chi connectivity index (χ1) is 8.43. The van der Waals surface area contributed by atoms with Crippen LogP contribution in [-0.4, -0.2) is 27.2 Å². The number of hydrogen-bond donors (Lipinski definition) is 1. The number of methoxy groups -OCH3 is 1. The maximum absolute atomic E-state index is 11.7. The standard InChI is InChI=1S/C11H14INO4S/c1-17-11(14)6-3-7-18(15,16)13-10-5-2-4-9(12)8-10/h2,4-5,8,13H,3,6-7H2,1H3. The van der Waals surface area contributed by atoms with Crippen LogP contribution in [0.4, 0.5) is 5.69 Å². The van der Waals surface area contributed by atoms with Crippen LogP contribution in [0.15, 0.2) is 24.3 Å². The molecule has 0 saturated carbocycles. The highest BCUT2D eigenvalue weighted by Crippen LogP contribution is 2.14. The Hall–Kier alpha value is -0.830. The Morgan fingerprint density at radius 1 is 1.44 bits per heavy atom. The minimum absolute atomic E-state index is 0.101. The van der Waals surface area contributed by atoms with Gasteiger partial charge in [0.25, 0.3) is 0 Å². The minimum Gasteiger partial charge on any atom is -0.469 e. The van der Waals surface area contributed by atoms with Crippen LogP contribution >= 0.6 is 22.6 Å². The third-order valence-electron chi connectivity index (χ3n) is 2.12. The third kappa shape index (κ3) is 5.67. The average Bonchev–Trinajstić information content (AvgIpc) is 2.27. The Balaban J connectivity index is 2.52. The molecule has 1 aromatic carbocycles. The lowest BCUT2D eigenvalue weighted by molar-refractivity contribution is -0.140. The van der Waals surface area contributed by atoms with E-state index in [0.717, 1.165) is 3.57 Å². The van der Waals surface area contributed by atoms with Crippen LogP contribution in [0.25, 0.3) is 0 Å². The number of halogens is 1. The van der Waals surface area contributed by atoms with Crippen molar-refractivity contribution < 1.29 is 17.9 Å². The summed E-state index contributed by atoms with van der Waals surface area (Å²) in [6.45, 7) is 0. The highest BCUT2D eigenvalue weighted by molar-refractivity contribution is 14.1. The van der Waals surface area contributed by atoms with Crippen molar-refractivity contribution in [3.05, 3.63) is 27.8 Å². The van der Waals surface area contributed by atoms with E-state index in [1.54, 1.807) is 18.2 Å². The van der Waals surface area contributed by atoms with Crippen LogP contribution in [0.3, 0.4) is 0 Å². The Bertz CT molecular complexity index is 516. The van der Waals surface area contributed by atoms with Gasteiger partial charge in [0.2, 0.25) is 10.0 Å². The first-order valence-electron chi connectivity index (χ1n) is 5.26. The first-order valence-corrected chi connectivity index (χ1v) is 7.99. The van der Waals surface area contributed by atoms with Gasteiger partial charge in [-0.05, 0) is 47.2 Å². The number of rotatable bonds is 6. The molecule has 0 saturated heterocycles. The zero-order chi connectivity index (χ0) is 13.6. The van der Waals surface area contributed by atoms with Gasteiger partial charge >= 0.3 is 5.97 Å². The number of sulfonamides is 1. The summed E-state index contributed by atoms with van der Waals surface area (Å²) >= 11 is 2.10. The number of benzene rings is 1. The maximum atomic E-state index is 11.7. The smallest absolute Gasteiger partial charge is 0.305 e. The van der Waals surface area contributed by atoms with Crippen molar-refractivity contribution in [3.63, 3.8) is 0 Å². The van der Waals surface area contributed by atoms with Crippen LogP contribution < -0.4 is 4.72 Å². The van der Waals surface area contributed by atoms with Gasteiger partial charge < -0.3 is 4.74 Å². The normalized spacial score (nSPS) is 11.0. The van der Waals surface area contributed by atoms with Gasteiger partial charge in [0.1, 0.15) is 0 Å². The highest BCUT2D eigenvalue weighted by atomic mass is 127. The number of nitrogens with one attached hydrogen (secondary N) is 1. The van der Waals surface area contributed by atoms with Gasteiger partial charge in [-0.25, -0.2) is 8.42 Å². The van der Waals surface area contributed by atoms with E-state index in [1.807, 2.05) is 6.07 Å². The maximum Gasteiger partial charge on any atom is 0.305 e. The zero-order valence-electron chi connectivity index (χ0n) is 9.85. The molecule has 1 N–H and O–H groups in total. The lowest BCUT2D eigenvalue weighted by atomic mass is 10.3. The molecule has 0 bridgehead atoms. The van der Waals surface area contributed by atoms with E-state index in [-0.39, 0.29) is 18.6 Å². The quantitative estimate of drug-likeness (QED) is 0.603. The third-order valence-corrected chi connectivity index (χ3v) is 4.16. The fraction of sp³-hybridized carbons (Fsp3) is 0.364. The molecule has 0 aromatic heterocycles. The number of hydrogen-bond acceptors (Lipinski definition) is 4. The summed E-state index contributed by atoms with van der Waals surface area (Å²) in [6, 6.07) is 7.06. The van der Waals surface area contributed by atoms with Crippen molar-refractivity contribution >= 4 is 44.3 Å². The number of ether oxygens (including phenoxy) is 1. The van der Waals surface area contributed by atoms with Crippen LogP contribution in [0.1, 0.15) is 12.8 Å². The Morgan fingerprint density at radius 2 is 2.17 bits per heavy atom. The highest BCUT2D eigenvalue weighted by Gasteiger charge is 2.11. The molecule has 5 nitrogen and oxygen atoms in total. The van der Waals surface area contributed by atoms with E-state index in [1.165, 1.54) is 7.11 Å². The van der Waals surface area contributed by atoms with Crippen LogP contribution in [0.5, 0.6) is 0 Å². The second kappa shape index (κ2) is 6.93. The minimum atomic E-state index is -3.42. The summed E-state index contributed by atoms with van der Waals surface area (Å²) in [5.41, 5.74) is 0.528. The summed E-state index contributed by atoms with van der Waals surface area (Å²) in [5.74, 6) is -0.507. The molecule has 0 aliphatic heterocycles. The molecule has 0 aliphatic rings. The molecule has 1 rings (SSSR count). The molecule has 0 unspecified atom stereocenters. The van der Waals surface area contributed by atoms with Gasteiger partial charge in [0, 0.05) is 15.7 Å². The van der Waals surface area contributed by atoms with Gasteiger partial charge in [-0.3, -0.25) is 9.52 Å². The molecular formula is C11H14INO4S. The molecular weight excluding hydrogens is 369 g/mol. The molecule has 0 atom stereocenters. The number of esters is 1. The van der Waals surface area contributed by atoms with Crippen molar-refractivity contribution in [2.45, 2.75) is 12.8 Å². The van der Waals surface area contributed by atoms with E-state index >= 15 is 0 Å². The lowest BCUT2D eigenvalue weighted by Crippen LogP contribution is -2.17. The fourth-order valence-electron chi connectivity index (χ4n) is 1.29. The molecule has 0 spiro atoms. The van der Waals surface area contributed by atoms with Gasteiger partial charge in [-0.15, -0.1) is 0 Å². The van der Waals surface area contributed by atoms with Gasteiger partial charge in [-0.2, -0.15) is 0 Å². The summed E-state index contributed by atoms with van der Waals surface area (Å²) in [4.78, 5) is 10.9. The van der Waals surface area contributed by atoms with Gasteiger partial charge in [0.05, 0.1) is 12.9 Å². The van der Waals surface area contributed by atoms with Gasteiger partial charge in [-0.1, -0.05) is 6.07 Å². The SMILES string of the molecule is COC(=O)CCCS(=O)(=O)Nc1cccc(I)c1. The zero-order valence-corrected chi connectivity index (χ0v) is 12.8. The molecule has 0 amide bonds. The molecule has 0 aliphatic carbocycles. The lowest BCUT2D eigenvalue weighted by Gasteiger charge is -2.07. The predicted molar refractivity (Wildman–Crippen MR) is 77.8 cm³/mol. The summed E-state index contributed by atoms with van der Waals surface area (Å²) in [7, 11) is -2.14. The van der Waals surface area contributed by atoms with Crippen LogP contribution in [0.2, 0.25) is 0 Å². The Kier molecular flexibility index (Phi) is 5.86. The molecule has 100 valence electrons. The van der Waals surface area contributed by atoms with E-state index < -0.39 is 16.0 Å². The van der Waals surface area contributed by atoms with Crippen LogP contribution in [0, 0.1) is 3.57 Å². The predicted octanol–water partition coefficient (Wildman–Crippen LogP) is 1.99. The van der Waals surface area contributed by atoms with Crippen molar-refractivity contribution in [3.8, 4) is 0 Å². The monoisotopic (exact) mass is 383 g/mol. The fourth-order valence-corrected chi connectivity index (χ4v) is 2.95. The molecule has 0 fully saturated rings. The molecule has 0 radical (unpaired) electrons. The van der Waals surface area contributed by atoms with E-state index in [9.17, 15) is 13.2 Å². The van der Waals surface area contributed by atoms with Crippen molar-refractivity contribution in [1.82, 2.24) is 0 Å². The summed E-state index contributed by atoms with van der Waals surface area (Å²) < 4.78 is 31.3.